The Morgan fingerprint density at radius 1 is 1.11 bits per heavy atom. The summed E-state index contributed by atoms with van der Waals surface area (Å²) in [7, 11) is 0. The van der Waals surface area contributed by atoms with Gasteiger partial charge in [0.1, 0.15) is 22.6 Å². The van der Waals surface area contributed by atoms with Gasteiger partial charge in [0.05, 0.1) is 12.1 Å². The molecule has 0 bridgehead atoms. The van der Waals surface area contributed by atoms with E-state index >= 15 is 0 Å². The van der Waals surface area contributed by atoms with Gasteiger partial charge in [0.2, 0.25) is 5.91 Å². The molecule has 1 amide bonds. The fourth-order valence-corrected chi connectivity index (χ4v) is 5.48. The summed E-state index contributed by atoms with van der Waals surface area (Å²) in [5.74, 6) is 6.87. The van der Waals surface area contributed by atoms with Crippen LogP contribution in [0, 0.1) is 20.8 Å². The third-order valence-corrected chi connectivity index (χ3v) is 7.45. The first-order valence-electron chi connectivity index (χ1n) is 11.0. The van der Waals surface area contributed by atoms with Crippen LogP contribution in [0.5, 0.6) is 5.75 Å². The van der Waals surface area contributed by atoms with E-state index < -0.39 is 6.04 Å². The number of amides is 1. The predicted octanol–water partition coefficient (Wildman–Crippen LogP) is 5.08. The van der Waals surface area contributed by atoms with Crippen molar-refractivity contribution in [2.24, 2.45) is 10.9 Å². The third-order valence-electron chi connectivity index (χ3n) is 6.01. The normalized spacial score (nSPS) is 14.5. The molecular weight excluding hydrogens is 484 g/mol. The van der Waals surface area contributed by atoms with Crippen LogP contribution >= 0.6 is 22.9 Å². The van der Waals surface area contributed by atoms with Gasteiger partial charge in [-0.15, -0.1) is 21.5 Å². The summed E-state index contributed by atoms with van der Waals surface area (Å²) >= 11 is 7.83. The molecule has 3 N–H and O–H groups in total. The van der Waals surface area contributed by atoms with Gasteiger partial charge in [0.15, 0.2) is 5.82 Å². The molecule has 178 valence electrons. The van der Waals surface area contributed by atoms with E-state index in [0.717, 1.165) is 33.2 Å². The van der Waals surface area contributed by atoms with Gasteiger partial charge in [-0.3, -0.25) is 14.4 Å². The highest BCUT2D eigenvalue weighted by atomic mass is 35.5. The van der Waals surface area contributed by atoms with Crippen molar-refractivity contribution in [2.75, 3.05) is 5.32 Å². The Balaban J connectivity index is 1.58. The average Bonchev–Trinajstić information content (AvgIpc) is 3.32. The minimum absolute atomic E-state index is 0.0946. The van der Waals surface area contributed by atoms with Crippen LogP contribution in [-0.2, 0) is 4.79 Å². The van der Waals surface area contributed by atoms with Crippen molar-refractivity contribution in [2.45, 2.75) is 33.2 Å². The number of fused-ring (bicyclic) bond motifs is 3. The van der Waals surface area contributed by atoms with Gasteiger partial charge >= 0.3 is 0 Å². The first kappa shape index (κ1) is 23.2. The summed E-state index contributed by atoms with van der Waals surface area (Å²) in [6.45, 7) is 6.10. The molecule has 0 saturated heterocycles. The van der Waals surface area contributed by atoms with Crippen LogP contribution < -0.4 is 16.1 Å². The molecule has 3 heterocycles. The van der Waals surface area contributed by atoms with Crippen LogP contribution in [0.2, 0.25) is 5.02 Å². The fourth-order valence-electron chi connectivity index (χ4n) is 4.14. The van der Waals surface area contributed by atoms with Gasteiger partial charge in [-0.1, -0.05) is 23.7 Å². The van der Waals surface area contributed by atoms with Crippen LogP contribution in [0.4, 0.5) is 5.69 Å². The van der Waals surface area contributed by atoms with E-state index in [4.69, 9.17) is 27.3 Å². The van der Waals surface area contributed by atoms with Crippen molar-refractivity contribution in [1.82, 2.24) is 14.8 Å². The number of carbonyl (C=O) groups excluding carboxylic acids is 1. The average molecular weight is 507 g/mol. The van der Waals surface area contributed by atoms with E-state index in [-0.39, 0.29) is 12.3 Å². The number of aliphatic imine (C=N–C) groups is 1. The van der Waals surface area contributed by atoms with Crippen molar-refractivity contribution < 1.29 is 9.63 Å². The van der Waals surface area contributed by atoms with E-state index in [1.54, 1.807) is 35.6 Å². The molecule has 8 nitrogen and oxygen atoms in total. The maximum absolute atomic E-state index is 13.1. The Morgan fingerprint density at radius 3 is 2.51 bits per heavy atom. The van der Waals surface area contributed by atoms with Gasteiger partial charge in [0.25, 0.3) is 0 Å². The summed E-state index contributed by atoms with van der Waals surface area (Å²) in [6.07, 6.45) is 0.0946. The van der Waals surface area contributed by atoms with E-state index in [9.17, 15) is 4.79 Å². The molecule has 0 fully saturated rings. The Morgan fingerprint density at radius 2 is 1.83 bits per heavy atom. The van der Waals surface area contributed by atoms with Gasteiger partial charge in [-0.05, 0) is 62.7 Å². The quantitative estimate of drug-likeness (QED) is 0.367. The zero-order valence-electron chi connectivity index (χ0n) is 19.4. The number of rotatable bonds is 5. The Kier molecular flexibility index (Phi) is 6.14. The summed E-state index contributed by atoms with van der Waals surface area (Å²) in [6, 6.07) is 13.9. The summed E-state index contributed by atoms with van der Waals surface area (Å²) in [4.78, 5) is 24.1. The highest BCUT2D eigenvalue weighted by molar-refractivity contribution is 7.15. The lowest BCUT2D eigenvalue weighted by molar-refractivity contribution is -0.116. The number of benzene rings is 2. The molecule has 0 radical (unpaired) electrons. The number of nitrogens with two attached hydrogens (primary N) is 1. The van der Waals surface area contributed by atoms with Gasteiger partial charge in [-0.25, -0.2) is 0 Å². The number of aryl methyl sites for hydroxylation is 2. The summed E-state index contributed by atoms with van der Waals surface area (Å²) < 4.78 is 2.03. The number of hydrogen-bond donors (Lipinski definition) is 2. The fraction of sp³-hybridized carbons (Fsp3) is 0.200. The standard InChI is InChI=1S/C25H23ClN6O2S/c1-13-14(2)35-25-22(13)23(16-4-6-17(26)7-5-16)29-20(24-31-30-15(3)32(24)25)12-21(33)28-18-8-10-19(34-27)11-9-18/h4-11,20H,12,27H2,1-3H3,(H,28,33)/t20-/m0/s1. The molecule has 35 heavy (non-hydrogen) atoms. The van der Waals surface area contributed by atoms with Crippen molar-refractivity contribution in [3.63, 3.8) is 0 Å². The monoisotopic (exact) mass is 506 g/mol. The van der Waals surface area contributed by atoms with Crippen LogP contribution in [0.15, 0.2) is 53.5 Å². The zero-order valence-corrected chi connectivity index (χ0v) is 20.9. The summed E-state index contributed by atoms with van der Waals surface area (Å²) in [5, 5.41) is 13.3. The van der Waals surface area contributed by atoms with Crippen LogP contribution in [0.25, 0.3) is 5.00 Å². The number of halogens is 1. The molecule has 1 atom stereocenters. The van der Waals surface area contributed by atoms with Crippen LogP contribution in [0.3, 0.4) is 0 Å². The second-order valence-electron chi connectivity index (χ2n) is 8.30. The Hall–Kier alpha value is -3.53. The van der Waals surface area contributed by atoms with Gasteiger partial charge in [0, 0.05) is 26.7 Å². The molecular formula is C25H23ClN6O2S. The predicted molar refractivity (Wildman–Crippen MR) is 138 cm³/mol. The smallest absolute Gasteiger partial charge is 0.227 e. The number of aromatic nitrogens is 3. The SMILES string of the molecule is Cc1sc2c(c1C)C(c1ccc(Cl)cc1)=N[C@@H](CC(=O)Nc1ccc(ON)cc1)c1nnc(C)n1-2. The van der Waals surface area contributed by atoms with Crippen molar-refractivity contribution in [1.29, 1.82) is 0 Å². The lowest BCUT2D eigenvalue weighted by atomic mass is 9.99. The molecule has 1 aliphatic heterocycles. The second kappa shape index (κ2) is 9.26. The summed E-state index contributed by atoms with van der Waals surface area (Å²) in [5.41, 5.74) is 4.54. The first-order valence-corrected chi connectivity index (χ1v) is 12.2. The number of anilines is 1. The lowest BCUT2D eigenvalue weighted by Gasteiger charge is -2.13. The molecule has 0 aliphatic carbocycles. The molecule has 1 aliphatic rings. The molecule has 10 heteroatoms. The third kappa shape index (κ3) is 4.34. The molecule has 0 spiro atoms. The minimum atomic E-state index is -0.534. The van der Waals surface area contributed by atoms with Gasteiger partial charge in [-0.2, -0.15) is 5.90 Å². The van der Waals surface area contributed by atoms with E-state index in [1.165, 1.54) is 4.88 Å². The Bertz CT molecular complexity index is 1440. The number of thiophene rings is 1. The molecule has 5 rings (SSSR count). The maximum atomic E-state index is 13.1. The highest BCUT2D eigenvalue weighted by Crippen LogP contribution is 2.39. The second-order valence-corrected chi connectivity index (χ2v) is 9.94. The topological polar surface area (TPSA) is 107 Å². The number of hydrogen-bond acceptors (Lipinski definition) is 7. The van der Waals surface area contributed by atoms with Gasteiger partial charge < -0.3 is 10.2 Å². The lowest BCUT2D eigenvalue weighted by Crippen LogP contribution is -2.17. The molecule has 2 aromatic heterocycles. The zero-order chi connectivity index (χ0) is 24.7. The van der Waals surface area contributed by atoms with E-state index in [0.29, 0.717) is 22.3 Å². The molecule has 0 saturated carbocycles. The largest absolute Gasteiger partial charge is 0.412 e. The number of carbonyl (C=O) groups is 1. The first-order chi connectivity index (χ1) is 16.9. The molecule has 2 aromatic carbocycles. The Labute approximate surface area is 211 Å². The molecule has 4 aromatic rings. The highest BCUT2D eigenvalue weighted by Gasteiger charge is 2.32. The van der Waals surface area contributed by atoms with E-state index in [1.807, 2.05) is 35.8 Å². The van der Waals surface area contributed by atoms with Crippen molar-refractivity contribution in [3.8, 4) is 10.8 Å². The number of nitrogens with one attached hydrogen (secondary N) is 1. The van der Waals surface area contributed by atoms with Crippen molar-refractivity contribution >= 4 is 40.2 Å². The van der Waals surface area contributed by atoms with Crippen LogP contribution in [0.1, 0.15) is 45.7 Å². The van der Waals surface area contributed by atoms with Crippen molar-refractivity contribution in [3.05, 3.63) is 86.8 Å². The van der Waals surface area contributed by atoms with Crippen LogP contribution in [-0.4, -0.2) is 26.4 Å². The van der Waals surface area contributed by atoms with E-state index in [2.05, 4.69) is 29.4 Å². The molecule has 0 unspecified atom stereocenters. The minimum Gasteiger partial charge on any atom is -0.412 e. The maximum Gasteiger partial charge on any atom is 0.227 e. The number of nitrogens with zero attached hydrogens (tertiary/aromatic N) is 4.